The van der Waals surface area contributed by atoms with Gasteiger partial charge in [0.25, 0.3) is 0 Å². The van der Waals surface area contributed by atoms with Gasteiger partial charge in [-0.3, -0.25) is 4.90 Å². The topological polar surface area (TPSA) is 24.5 Å². The van der Waals surface area contributed by atoms with E-state index in [1.54, 1.807) is 7.11 Å². The molecule has 3 unspecified atom stereocenters. The SMILES string of the molecule is CCC(C)C1CNC(C)CN1CCOC. The molecule has 90 valence electrons. The maximum Gasteiger partial charge on any atom is 0.0589 e. The minimum absolute atomic E-state index is 0.613. The van der Waals surface area contributed by atoms with E-state index in [2.05, 4.69) is 31.0 Å². The van der Waals surface area contributed by atoms with Crippen molar-refractivity contribution < 1.29 is 4.74 Å². The van der Waals surface area contributed by atoms with Crippen molar-refractivity contribution in [1.82, 2.24) is 10.2 Å². The van der Waals surface area contributed by atoms with Crippen molar-refractivity contribution in [3.05, 3.63) is 0 Å². The number of rotatable bonds is 5. The Morgan fingerprint density at radius 2 is 2.27 bits per heavy atom. The second-order valence-electron chi connectivity index (χ2n) is 4.75. The van der Waals surface area contributed by atoms with Gasteiger partial charge in [0.15, 0.2) is 0 Å². The van der Waals surface area contributed by atoms with Gasteiger partial charge in [0.2, 0.25) is 0 Å². The van der Waals surface area contributed by atoms with Gasteiger partial charge in [-0.2, -0.15) is 0 Å². The largest absolute Gasteiger partial charge is 0.383 e. The third-order valence-electron chi connectivity index (χ3n) is 3.54. The van der Waals surface area contributed by atoms with E-state index in [9.17, 15) is 0 Å². The second kappa shape index (κ2) is 6.46. The minimum atomic E-state index is 0.613. The highest BCUT2D eigenvalue weighted by Gasteiger charge is 2.28. The summed E-state index contributed by atoms with van der Waals surface area (Å²) >= 11 is 0. The maximum absolute atomic E-state index is 5.18. The van der Waals surface area contributed by atoms with Crippen LogP contribution in [-0.2, 0) is 4.74 Å². The average molecular weight is 214 g/mol. The summed E-state index contributed by atoms with van der Waals surface area (Å²) in [4.78, 5) is 2.58. The first-order valence-corrected chi connectivity index (χ1v) is 6.15. The number of nitrogens with one attached hydrogen (secondary N) is 1. The van der Waals surface area contributed by atoms with Gasteiger partial charge in [-0.05, 0) is 12.8 Å². The number of piperazine rings is 1. The lowest BCUT2D eigenvalue weighted by atomic mass is 9.95. The zero-order chi connectivity index (χ0) is 11.3. The molecule has 0 spiro atoms. The number of ether oxygens (including phenoxy) is 1. The van der Waals surface area contributed by atoms with Crippen LogP contribution in [-0.4, -0.2) is 50.3 Å². The van der Waals surface area contributed by atoms with E-state index in [0.717, 1.165) is 32.2 Å². The Hall–Kier alpha value is -0.120. The molecule has 1 aliphatic heterocycles. The minimum Gasteiger partial charge on any atom is -0.383 e. The Morgan fingerprint density at radius 1 is 1.53 bits per heavy atom. The van der Waals surface area contributed by atoms with Gasteiger partial charge in [0.05, 0.1) is 6.61 Å². The molecule has 0 bridgehead atoms. The fourth-order valence-electron chi connectivity index (χ4n) is 2.30. The predicted molar refractivity (Wildman–Crippen MR) is 64.2 cm³/mol. The van der Waals surface area contributed by atoms with E-state index in [1.807, 2.05) is 0 Å². The molecule has 1 heterocycles. The van der Waals surface area contributed by atoms with Gasteiger partial charge < -0.3 is 10.1 Å². The van der Waals surface area contributed by atoms with Gasteiger partial charge >= 0.3 is 0 Å². The van der Waals surface area contributed by atoms with E-state index in [4.69, 9.17) is 4.74 Å². The number of hydrogen-bond donors (Lipinski definition) is 1. The first kappa shape index (κ1) is 12.9. The quantitative estimate of drug-likeness (QED) is 0.747. The Bertz CT molecular complexity index is 175. The van der Waals surface area contributed by atoms with Crippen LogP contribution in [0.5, 0.6) is 0 Å². The third kappa shape index (κ3) is 3.74. The zero-order valence-corrected chi connectivity index (χ0v) is 10.6. The molecule has 0 amide bonds. The molecule has 15 heavy (non-hydrogen) atoms. The fraction of sp³-hybridized carbons (Fsp3) is 1.00. The first-order valence-electron chi connectivity index (χ1n) is 6.15. The van der Waals surface area contributed by atoms with E-state index in [1.165, 1.54) is 6.42 Å². The van der Waals surface area contributed by atoms with E-state index >= 15 is 0 Å². The number of methoxy groups -OCH3 is 1. The van der Waals surface area contributed by atoms with Gasteiger partial charge in [0, 0.05) is 38.8 Å². The van der Waals surface area contributed by atoms with Crippen LogP contribution < -0.4 is 5.32 Å². The molecule has 1 fully saturated rings. The standard InChI is InChI=1S/C12H26N2O/c1-5-10(2)12-8-13-11(3)9-14(12)6-7-15-4/h10-13H,5-9H2,1-4H3. The molecule has 3 heteroatoms. The highest BCUT2D eigenvalue weighted by atomic mass is 16.5. The van der Waals surface area contributed by atoms with E-state index in [0.29, 0.717) is 12.1 Å². The molecule has 0 aromatic carbocycles. The summed E-state index contributed by atoms with van der Waals surface area (Å²) in [7, 11) is 1.78. The average Bonchev–Trinajstić information content (AvgIpc) is 2.25. The van der Waals surface area contributed by atoms with Crippen molar-refractivity contribution in [2.45, 2.75) is 39.3 Å². The highest BCUT2D eigenvalue weighted by molar-refractivity contribution is 4.86. The van der Waals surface area contributed by atoms with Gasteiger partial charge in [-0.15, -0.1) is 0 Å². The van der Waals surface area contributed by atoms with Crippen LogP contribution in [0.15, 0.2) is 0 Å². The third-order valence-corrected chi connectivity index (χ3v) is 3.54. The van der Waals surface area contributed by atoms with Gasteiger partial charge in [-0.25, -0.2) is 0 Å². The van der Waals surface area contributed by atoms with Crippen LogP contribution in [0.2, 0.25) is 0 Å². The molecular formula is C12H26N2O. The van der Waals surface area contributed by atoms with Crippen molar-refractivity contribution in [2.24, 2.45) is 5.92 Å². The van der Waals surface area contributed by atoms with Crippen LogP contribution in [0, 0.1) is 5.92 Å². The summed E-state index contributed by atoms with van der Waals surface area (Å²) in [6.07, 6.45) is 1.25. The summed E-state index contributed by atoms with van der Waals surface area (Å²) in [6.45, 7) is 11.1. The first-order chi connectivity index (χ1) is 7.19. The van der Waals surface area contributed by atoms with Crippen LogP contribution >= 0.6 is 0 Å². The molecule has 0 radical (unpaired) electrons. The molecule has 1 saturated heterocycles. The lowest BCUT2D eigenvalue weighted by Crippen LogP contribution is -2.58. The summed E-state index contributed by atoms with van der Waals surface area (Å²) in [6, 6.07) is 1.29. The molecule has 0 aliphatic carbocycles. The van der Waals surface area contributed by atoms with Gasteiger partial charge in [0.1, 0.15) is 0 Å². The zero-order valence-electron chi connectivity index (χ0n) is 10.6. The number of hydrogen-bond acceptors (Lipinski definition) is 3. The molecule has 3 atom stereocenters. The Morgan fingerprint density at radius 3 is 2.87 bits per heavy atom. The Balaban J connectivity index is 2.49. The van der Waals surface area contributed by atoms with Crippen molar-refractivity contribution in [1.29, 1.82) is 0 Å². The molecule has 1 aliphatic rings. The maximum atomic E-state index is 5.18. The molecule has 1 N–H and O–H groups in total. The van der Waals surface area contributed by atoms with Crippen LogP contribution in [0.25, 0.3) is 0 Å². The van der Waals surface area contributed by atoms with Crippen molar-refractivity contribution in [2.75, 3.05) is 33.4 Å². The van der Waals surface area contributed by atoms with Gasteiger partial charge in [-0.1, -0.05) is 20.3 Å². The van der Waals surface area contributed by atoms with Crippen LogP contribution in [0.4, 0.5) is 0 Å². The molecule has 3 nitrogen and oxygen atoms in total. The Kier molecular flexibility index (Phi) is 5.58. The fourth-order valence-corrected chi connectivity index (χ4v) is 2.30. The van der Waals surface area contributed by atoms with E-state index < -0.39 is 0 Å². The molecule has 0 aromatic rings. The van der Waals surface area contributed by atoms with Crippen LogP contribution in [0.3, 0.4) is 0 Å². The molecule has 0 aromatic heterocycles. The number of nitrogens with zero attached hydrogens (tertiary/aromatic N) is 1. The van der Waals surface area contributed by atoms with Crippen molar-refractivity contribution in [3.63, 3.8) is 0 Å². The lowest BCUT2D eigenvalue weighted by Gasteiger charge is -2.42. The lowest BCUT2D eigenvalue weighted by molar-refractivity contribution is 0.0643. The monoisotopic (exact) mass is 214 g/mol. The summed E-state index contributed by atoms with van der Waals surface area (Å²) in [5, 5.41) is 3.57. The van der Waals surface area contributed by atoms with E-state index in [-0.39, 0.29) is 0 Å². The second-order valence-corrected chi connectivity index (χ2v) is 4.75. The van der Waals surface area contributed by atoms with Crippen LogP contribution in [0.1, 0.15) is 27.2 Å². The highest BCUT2D eigenvalue weighted by Crippen LogP contribution is 2.17. The van der Waals surface area contributed by atoms with Crippen molar-refractivity contribution in [3.8, 4) is 0 Å². The van der Waals surface area contributed by atoms with Crippen molar-refractivity contribution >= 4 is 0 Å². The smallest absolute Gasteiger partial charge is 0.0589 e. The summed E-state index contributed by atoms with van der Waals surface area (Å²) in [5.41, 5.74) is 0. The normalized spacial score (nSPS) is 30.4. The molecular weight excluding hydrogens is 188 g/mol. The molecule has 1 rings (SSSR count). The predicted octanol–water partition coefficient (Wildman–Crippen LogP) is 1.34. The summed E-state index contributed by atoms with van der Waals surface area (Å²) in [5.74, 6) is 0.766. The molecule has 0 saturated carbocycles. The summed E-state index contributed by atoms with van der Waals surface area (Å²) < 4.78 is 5.18. The Labute approximate surface area is 94.2 Å².